The van der Waals surface area contributed by atoms with Crippen LogP contribution < -0.4 is 5.32 Å². The lowest BCUT2D eigenvalue weighted by Gasteiger charge is -2.21. The molecule has 1 saturated carbocycles. The highest BCUT2D eigenvalue weighted by Crippen LogP contribution is 2.28. The number of hydrogen-bond donors (Lipinski definition) is 3. The van der Waals surface area contributed by atoms with Crippen molar-refractivity contribution < 1.29 is 9.90 Å². The number of nitrogens with one attached hydrogen (secondary N) is 2. The van der Waals surface area contributed by atoms with Gasteiger partial charge in [0.2, 0.25) is 5.82 Å². The third-order valence-corrected chi connectivity index (χ3v) is 3.33. The van der Waals surface area contributed by atoms with E-state index in [1.54, 1.807) is 0 Å². The predicted octanol–water partition coefficient (Wildman–Crippen LogP) is 0.792. The Balaban J connectivity index is 1.87. The van der Waals surface area contributed by atoms with Crippen molar-refractivity contribution in [1.82, 2.24) is 20.5 Å². The van der Waals surface area contributed by atoms with Crippen molar-refractivity contribution in [3.05, 3.63) is 11.6 Å². The van der Waals surface area contributed by atoms with E-state index in [2.05, 4.69) is 20.5 Å². The van der Waals surface area contributed by atoms with Crippen LogP contribution in [0.2, 0.25) is 0 Å². The van der Waals surface area contributed by atoms with Gasteiger partial charge in [-0.3, -0.25) is 9.89 Å². The zero-order chi connectivity index (χ0) is 13.0. The van der Waals surface area contributed by atoms with E-state index >= 15 is 0 Å². The average molecular weight is 252 g/mol. The largest absolute Gasteiger partial charge is 0.388 e. The Morgan fingerprint density at radius 1 is 1.50 bits per heavy atom. The molecule has 0 spiro atoms. The summed E-state index contributed by atoms with van der Waals surface area (Å²) < 4.78 is 0. The second-order valence-corrected chi connectivity index (χ2v) is 4.97. The van der Waals surface area contributed by atoms with Crippen molar-refractivity contribution in [2.75, 3.05) is 6.54 Å². The van der Waals surface area contributed by atoms with E-state index in [-0.39, 0.29) is 18.3 Å². The Kier molecular flexibility index (Phi) is 3.96. The lowest BCUT2D eigenvalue weighted by atomic mass is 10.0. The van der Waals surface area contributed by atoms with E-state index in [1.807, 2.05) is 6.92 Å². The molecule has 0 atom stereocenters. The van der Waals surface area contributed by atoms with E-state index in [0.717, 1.165) is 44.3 Å². The first-order valence-electron chi connectivity index (χ1n) is 6.55. The van der Waals surface area contributed by atoms with Gasteiger partial charge in [0.15, 0.2) is 0 Å². The summed E-state index contributed by atoms with van der Waals surface area (Å²) in [7, 11) is 0. The number of nitrogens with zero attached hydrogens (tertiary/aromatic N) is 2. The topological polar surface area (TPSA) is 90.9 Å². The van der Waals surface area contributed by atoms with Crippen LogP contribution in [0.1, 0.15) is 55.5 Å². The van der Waals surface area contributed by atoms with Crippen molar-refractivity contribution in [3.8, 4) is 0 Å². The lowest BCUT2D eigenvalue weighted by molar-refractivity contribution is 0.0447. The third kappa shape index (κ3) is 3.07. The van der Waals surface area contributed by atoms with E-state index in [1.165, 1.54) is 0 Å². The smallest absolute Gasteiger partial charge is 0.291 e. The number of rotatable bonds is 5. The van der Waals surface area contributed by atoms with Crippen molar-refractivity contribution in [2.24, 2.45) is 0 Å². The van der Waals surface area contributed by atoms with E-state index < -0.39 is 5.60 Å². The molecular weight excluding hydrogens is 232 g/mol. The molecule has 1 aromatic heterocycles. The molecule has 0 saturated heterocycles. The fourth-order valence-electron chi connectivity index (χ4n) is 2.28. The van der Waals surface area contributed by atoms with Crippen LogP contribution in [0.25, 0.3) is 0 Å². The van der Waals surface area contributed by atoms with Gasteiger partial charge < -0.3 is 10.4 Å². The van der Waals surface area contributed by atoms with Gasteiger partial charge in [-0.2, -0.15) is 0 Å². The van der Waals surface area contributed by atoms with Gasteiger partial charge in [-0.25, -0.2) is 4.98 Å². The number of aryl methyl sites for hydroxylation is 1. The molecule has 1 aliphatic rings. The number of carbonyl (C=O) groups excluding carboxylic acids is 1. The molecule has 6 heteroatoms. The predicted molar refractivity (Wildman–Crippen MR) is 66.1 cm³/mol. The van der Waals surface area contributed by atoms with Crippen LogP contribution in [0.4, 0.5) is 0 Å². The molecule has 1 heterocycles. The summed E-state index contributed by atoms with van der Waals surface area (Å²) in [4.78, 5) is 15.9. The second kappa shape index (κ2) is 5.48. The van der Waals surface area contributed by atoms with Gasteiger partial charge in [-0.05, 0) is 19.3 Å². The maximum Gasteiger partial charge on any atom is 0.291 e. The molecule has 3 N–H and O–H groups in total. The first-order chi connectivity index (χ1) is 8.63. The van der Waals surface area contributed by atoms with Gasteiger partial charge in [0, 0.05) is 13.0 Å². The molecule has 1 aliphatic carbocycles. The molecule has 0 radical (unpaired) electrons. The normalized spacial score (nSPS) is 17.9. The van der Waals surface area contributed by atoms with E-state index in [9.17, 15) is 9.90 Å². The number of H-pyrrole nitrogens is 1. The van der Waals surface area contributed by atoms with Gasteiger partial charge in [-0.1, -0.05) is 19.8 Å². The van der Waals surface area contributed by atoms with Crippen LogP contribution in [-0.2, 0) is 6.42 Å². The lowest BCUT2D eigenvalue weighted by Crippen LogP contribution is -2.41. The van der Waals surface area contributed by atoms with Crippen molar-refractivity contribution >= 4 is 5.91 Å². The summed E-state index contributed by atoms with van der Waals surface area (Å²) >= 11 is 0. The number of carbonyl (C=O) groups is 1. The monoisotopic (exact) mass is 252 g/mol. The highest BCUT2D eigenvalue weighted by Gasteiger charge is 2.31. The first-order valence-corrected chi connectivity index (χ1v) is 6.55. The van der Waals surface area contributed by atoms with E-state index in [4.69, 9.17) is 0 Å². The van der Waals surface area contributed by atoms with Gasteiger partial charge in [0.05, 0.1) is 5.60 Å². The minimum absolute atomic E-state index is 0.153. The van der Waals surface area contributed by atoms with Crippen molar-refractivity contribution in [1.29, 1.82) is 0 Å². The highest BCUT2D eigenvalue weighted by atomic mass is 16.3. The van der Waals surface area contributed by atoms with E-state index in [0.29, 0.717) is 0 Å². The molecule has 0 aliphatic heterocycles. The Bertz CT molecular complexity index is 410. The van der Waals surface area contributed by atoms with Crippen molar-refractivity contribution in [2.45, 2.75) is 51.0 Å². The zero-order valence-electron chi connectivity index (χ0n) is 10.7. The first kappa shape index (κ1) is 13.0. The van der Waals surface area contributed by atoms with Crippen LogP contribution in [0.3, 0.4) is 0 Å². The Morgan fingerprint density at radius 3 is 2.89 bits per heavy atom. The van der Waals surface area contributed by atoms with Gasteiger partial charge in [0.25, 0.3) is 5.91 Å². The molecule has 0 aromatic carbocycles. The summed E-state index contributed by atoms with van der Waals surface area (Å²) in [5, 5.41) is 19.4. The van der Waals surface area contributed by atoms with Crippen molar-refractivity contribution in [3.63, 3.8) is 0 Å². The summed E-state index contributed by atoms with van der Waals surface area (Å²) in [5.41, 5.74) is -0.738. The molecule has 1 fully saturated rings. The maximum absolute atomic E-state index is 11.8. The minimum Gasteiger partial charge on any atom is -0.388 e. The molecule has 0 bridgehead atoms. The van der Waals surface area contributed by atoms with Gasteiger partial charge in [0.1, 0.15) is 5.82 Å². The molecule has 100 valence electrons. The standard InChI is InChI=1S/C12H20N4O2/c1-2-5-9-14-10(16-15-9)11(17)13-8-12(18)6-3-4-7-12/h18H,2-8H2,1H3,(H,13,17)(H,14,15,16). The molecule has 6 nitrogen and oxygen atoms in total. The summed E-state index contributed by atoms with van der Waals surface area (Å²) in [6.07, 6.45) is 5.28. The van der Waals surface area contributed by atoms with Crippen LogP contribution in [0.15, 0.2) is 0 Å². The Labute approximate surface area is 106 Å². The van der Waals surface area contributed by atoms with Crippen LogP contribution >= 0.6 is 0 Å². The number of aromatic nitrogens is 3. The third-order valence-electron chi connectivity index (χ3n) is 3.33. The van der Waals surface area contributed by atoms with Gasteiger partial charge in [-0.15, -0.1) is 5.10 Å². The second-order valence-electron chi connectivity index (χ2n) is 4.97. The fourth-order valence-corrected chi connectivity index (χ4v) is 2.28. The number of aliphatic hydroxyl groups is 1. The van der Waals surface area contributed by atoms with Crippen LogP contribution in [0.5, 0.6) is 0 Å². The number of aromatic amines is 1. The fraction of sp³-hybridized carbons (Fsp3) is 0.750. The Hall–Kier alpha value is -1.43. The highest BCUT2D eigenvalue weighted by molar-refractivity contribution is 5.90. The van der Waals surface area contributed by atoms with Crippen LogP contribution in [0, 0.1) is 0 Å². The SMILES string of the molecule is CCCc1nc(C(=O)NCC2(O)CCCC2)n[nH]1. The van der Waals surface area contributed by atoms with Crippen LogP contribution in [-0.4, -0.2) is 38.3 Å². The number of hydrogen-bond acceptors (Lipinski definition) is 4. The van der Waals surface area contributed by atoms with Gasteiger partial charge >= 0.3 is 0 Å². The summed E-state index contributed by atoms with van der Waals surface area (Å²) in [6.45, 7) is 2.32. The number of amides is 1. The zero-order valence-corrected chi connectivity index (χ0v) is 10.7. The quantitative estimate of drug-likeness (QED) is 0.722. The maximum atomic E-state index is 11.8. The average Bonchev–Trinajstić information content (AvgIpc) is 2.97. The summed E-state index contributed by atoms with van der Waals surface area (Å²) in [6, 6.07) is 0. The molecule has 2 rings (SSSR count). The molecule has 1 amide bonds. The molecular formula is C12H20N4O2. The molecule has 1 aromatic rings. The Morgan fingerprint density at radius 2 is 2.22 bits per heavy atom. The molecule has 0 unspecified atom stereocenters. The minimum atomic E-state index is -0.738. The molecule has 18 heavy (non-hydrogen) atoms. The summed E-state index contributed by atoms with van der Waals surface area (Å²) in [5.74, 6) is 0.552.